The first-order chi connectivity index (χ1) is 11.0. The topological polar surface area (TPSA) is 114 Å². The van der Waals surface area contributed by atoms with Crippen LogP contribution in [0.2, 0.25) is 0 Å². The number of thioether (sulfide) groups is 1. The van der Waals surface area contributed by atoms with Gasteiger partial charge in [0, 0.05) is 10.9 Å². The fourth-order valence-electron chi connectivity index (χ4n) is 2.34. The van der Waals surface area contributed by atoms with E-state index in [1.54, 1.807) is 18.3 Å². The Morgan fingerprint density at radius 3 is 2.96 bits per heavy atom. The minimum absolute atomic E-state index is 0.136. The summed E-state index contributed by atoms with van der Waals surface area (Å²) in [7, 11) is 0. The second-order valence-electron chi connectivity index (χ2n) is 5.32. The molecule has 122 valence electrons. The van der Waals surface area contributed by atoms with Gasteiger partial charge in [-0.2, -0.15) is 0 Å². The first kappa shape index (κ1) is 16.0. The number of hydrogen-bond donors (Lipinski definition) is 3. The van der Waals surface area contributed by atoms with Crippen molar-refractivity contribution in [3.63, 3.8) is 0 Å². The zero-order valence-electron chi connectivity index (χ0n) is 12.6. The highest BCUT2D eigenvalue weighted by atomic mass is 32.2. The number of nitrogens with two attached hydrogens (primary N) is 1. The number of carbonyl (C=O) groups is 1. The molecule has 0 aliphatic heterocycles. The highest BCUT2D eigenvalue weighted by molar-refractivity contribution is 8.00. The third kappa shape index (κ3) is 3.91. The number of rotatable bonds is 4. The van der Waals surface area contributed by atoms with Crippen LogP contribution in [0.4, 0.5) is 10.9 Å². The molecule has 0 unspecified atom stereocenters. The molecule has 1 aliphatic carbocycles. The third-order valence-corrected chi connectivity index (χ3v) is 5.53. The smallest absolute Gasteiger partial charge is 0.253 e. The third-order valence-electron chi connectivity index (χ3n) is 3.47. The van der Waals surface area contributed by atoms with E-state index in [4.69, 9.17) is 5.73 Å². The molecule has 23 heavy (non-hydrogen) atoms. The average molecular weight is 351 g/mol. The second-order valence-corrected chi connectivity index (χ2v) is 7.73. The van der Waals surface area contributed by atoms with Crippen molar-refractivity contribution >= 4 is 40.0 Å². The maximum atomic E-state index is 12.3. The summed E-state index contributed by atoms with van der Waals surface area (Å²) in [5.74, 6) is -0.0392. The fourth-order valence-corrected chi connectivity index (χ4v) is 4.21. The fraction of sp³-hybridized carbons (Fsp3) is 0.429. The van der Waals surface area contributed by atoms with Gasteiger partial charge >= 0.3 is 0 Å². The summed E-state index contributed by atoms with van der Waals surface area (Å²) in [5.41, 5.74) is 6.31. The van der Waals surface area contributed by atoms with Gasteiger partial charge in [0.1, 0.15) is 5.82 Å². The summed E-state index contributed by atoms with van der Waals surface area (Å²) >= 11 is 2.70. The summed E-state index contributed by atoms with van der Waals surface area (Å²) in [6.07, 6.45) is 4.37. The lowest BCUT2D eigenvalue weighted by molar-refractivity contribution is -0.115. The molecule has 0 aromatic carbocycles. The molecule has 0 spiro atoms. The van der Waals surface area contributed by atoms with E-state index in [2.05, 4.69) is 20.3 Å². The number of nitrogens with one attached hydrogen (secondary N) is 2. The minimum atomic E-state index is -0.430. The van der Waals surface area contributed by atoms with Crippen LogP contribution in [0.15, 0.2) is 16.0 Å². The van der Waals surface area contributed by atoms with E-state index in [9.17, 15) is 9.59 Å². The number of aromatic amines is 1. The maximum Gasteiger partial charge on any atom is 0.253 e. The van der Waals surface area contributed by atoms with E-state index < -0.39 is 5.25 Å². The molecule has 7 nitrogen and oxygen atoms in total. The van der Waals surface area contributed by atoms with Crippen molar-refractivity contribution in [1.82, 2.24) is 15.0 Å². The zero-order chi connectivity index (χ0) is 16.4. The van der Waals surface area contributed by atoms with Crippen LogP contribution in [0.3, 0.4) is 0 Å². The van der Waals surface area contributed by atoms with E-state index in [-0.39, 0.29) is 17.3 Å². The van der Waals surface area contributed by atoms with E-state index >= 15 is 0 Å². The predicted octanol–water partition coefficient (Wildman–Crippen LogP) is 1.81. The van der Waals surface area contributed by atoms with Gasteiger partial charge < -0.3 is 16.0 Å². The molecule has 3 rings (SSSR count). The standard InChI is InChI=1S/C14H17N5O2S2/c1-7(22-14-17-10(15)6-11(20)18-14)12(21)19-13-16-8-4-2-3-5-9(8)23-13/h6-7H,2-5H2,1H3,(H,16,19,21)(H3,15,17,18,20)/t7-/m0/s1. The summed E-state index contributed by atoms with van der Waals surface area (Å²) in [4.78, 5) is 36.0. The van der Waals surface area contributed by atoms with Crippen LogP contribution in [-0.2, 0) is 17.6 Å². The second kappa shape index (κ2) is 6.71. The normalized spacial score (nSPS) is 15.0. The van der Waals surface area contributed by atoms with Gasteiger partial charge in [-0.15, -0.1) is 11.3 Å². The van der Waals surface area contributed by atoms with Gasteiger partial charge in [0.2, 0.25) is 5.91 Å². The molecule has 1 aliphatic rings. The molecule has 2 aromatic rings. The highest BCUT2D eigenvalue weighted by Gasteiger charge is 2.20. The summed E-state index contributed by atoms with van der Waals surface area (Å²) in [6, 6.07) is 1.20. The first-order valence-corrected chi connectivity index (χ1v) is 9.04. The van der Waals surface area contributed by atoms with Crippen LogP contribution in [-0.4, -0.2) is 26.1 Å². The molecular weight excluding hydrogens is 334 g/mol. The van der Waals surface area contributed by atoms with Crippen molar-refractivity contribution in [2.75, 3.05) is 11.1 Å². The van der Waals surface area contributed by atoms with Crippen LogP contribution >= 0.6 is 23.1 Å². The monoisotopic (exact) mass is 351 g/mol. The number of aromatic nitrogens is 3. The van der Waals surface area contributed by atoms with Crippen molar-refractivity contribution < 1.29 is 4.79 Å². The number of carbonyl (C=O) groups excluding carboxylic acids is 1. The largest absolute Gasteiger partial charge is 0.383 e. The molecule has 2 aromatic heterocycles. The number of hydrogen-bond acceptors (Lipinski definition) is 7. The number of H-pyrrole nitrogens is 1. The van der Waals surface area contributed by atoms with E-state index in [1.807, 2.05) is 0 Å². The molecule has 0 saturated carbocycles. The molecule has 0 fully saturated rings. The van der Waals surface area contributed by atoms with Crippen molar-refractivity contribution in [2.45, 2.75) is 43.0 Å². The van der Waals surface area contributed by atoms with Crippen molar-refractivity contribution in [2.24, 2.45) is 0 Å². The lowest BCUT2D eigenvalue weighted by Gasteiger charge is -2.09. The molecule has 4 N–H and O–H groups in total. The van der Waals surface area contributed by atoms with Gasteiger partial charge in [0.05, 0.1) is 10.9 Å². The Hall–Kier alpha value is -1.87. The Bertz CT molecular complexity index is 762. The highest BCUT2D eigenvalue weighted by Crippen LogP contribution is 2.30. The van der Waals surface area contributed by atoms with Gasteiger partial charge in [-0.25, -0.2) is 9.97 Å². The Kier molecular flexibility index (Phi) is 4.67. The number of aryl methyl sites for hydroxylation is 2. The SMILES string of the molecule is C[C@H](Sc1nc(N)cc(=O)[nH]1)C(=O)Nc1nc2c(s1)CCCC2. The van der Waals surface area contributed by atoms with Crippen LogP contribution in [0.25, 0.3) is 0 Å². The van der Waals surface area contributed by atoms with Crippen LogP contribution in [0.1, 0.15) is 30.3 Å². The van der Waals surface area contributed by atoms with Gasteiger partial charge in [0.15, 0.2) is 10.3 Å². The average Bonchev–Trinajstić information content (AvgIpc) is 2.88. The predicted molar refractivity (Wildman–Crippen MR) is 92.0 cm³/mol. The van der Waals surface area contributed by atoms with Crippen molar-refractivity contribution in [1.29, 1.82) is 0 Å². The molecular formula is C14H17N5O2S2. The Morgan fingerprint density at radius 2 is 2.22 bits per heavy atom. The number of nitrogen functional groups attached to an aromatic ring is 1. The molecule has 0 bridgehead atoms. The number of anilines is 2. The first-order valence-electron chi connectivity index (χ1n) is 7.34. The molecule has 0 radical (unpaired) electrons. The summed E-state index contributed by atoms with van der Waals surface area (Å²) in [5, 5.41) is 3.39. The zero-order valence-corrected chi connectivity index (χ0v) is 14.2. The van der Waals surface area contributed by atoms with Gasteiger partial charge in [-0.1, -0.05) is 11.8 Å². The minimum Gasteiger partial charge on any atom is -0.383 e. The summed E-state index contributed by atoms with van der Waals surface area (Å²) in [6.45, 7) is 1.75. The van der Waals surface area contributed by atoms with Gasteiger partial charge in [-0.3, -0.25) is 9.59 Å². The Labute approximate surface area is 141 Å². The van der Waals surface area contributed by atoms with Crippen LogP contribution < -0.4 is 16.6 Å². The van der Waals surface area contributed by atoms with Crippen molar-refractivity contribution in [3.8, 4) is 0 Å². The molecule has 1 amide bonds. The quantitative estimate of drug-likeness (QED) is 0.572. The van der Waals surface area contributed by atoms with E-state index in [1.165, 1.54) is 17.4 Å². The van der Waals surface area contributed by atoms with Crippen molar-refractivity contribution in [3.05, 3.63) is 27.0 Å². The molecule has 1 atom stereocenters. The molecule has 9 heteroatoms. The Balaban J connectivity index is 1.65. The van der Waals surface area contributed by atoms with Crippen LogP contribution in [0.5, 0.6) is 0 Å². The van der Waals surface area contributed by atoms with E-state index in [0.717, 1.165) is 36.7 Å². The number of nitrogens with zero attached hydrogens (tertiary/aromatic N) is 2. The van der Waals surface area contributed by atoms with Crippen LogP contribution in [0, 0.1) is 0 Å². The molecule has 2 heterocycles. The van der Waals surface area contributed by atoms with Gasteiger partial charge in [-0.05, 0) is 32.6 Å². The molecule has 0 saturated heterocycles. The number of amides is 1. The van der Waals surface area contributed by atoms with Gasteiger partial charge in [0.25, 0.3) is 5.56 Å². The maximum absolute atomic E-state index is 12.3. The lowest BCUT2D eigenvalue weighted by atomic mass is 10.0. The summed E-state index contributed by atoms with van der Waals surface area (Å²) < 4.78 is 0. The number of thiazole rings is 1. The van der Waals surface area contributed by atoms with E-state index in [0.29, 0.717) is 10.3 Å². The number of fused-ring (bicyclic) bond motifs is 1. The lowest BCUT2D eigenvalue weighted by Crippen LogP contribution is -2.23. The Morgan fingerprint density at radius 1 is 1.43 bits per heavy atom.